The highest BCUT2D eigenvalue weighted by Gasteiger charge is 2.20. The van der Waals surface area contributed by atoms with Gasteiger partial charge in [0.15, 0.2) is 5.96 Å². The number of likely N-dealkylation sites (tertiary alicyclic amines) is 2. The average Bonchev–Trinajstić information content (AvgIpc) is 3.32. The van der Waals surface area contributed by atoms with E-state index in [1.807, 2.05) is 9.80 Å². The van der Waals surface area contributed by atoms with E-state index in [0.29, 0.717) is 25.9 Å². The van der Waals surface area contributed by atoms with Crippen molar-refractivity contribution < 1.29 is 9.59 Å². The number of aliphatic imine (C=N–C) groups is 1. The van der Waals surface area contributed by atoms with E-state index >= 15 is 0 Å². The Labute approximate surface area is 173 Å². The first-order chi connectivity index (χ1) is 14.2. The molecule has 2 N–H and O–H groups in total. The van der Waals surface area contributed by atoms with Crippen molar-refractivity contribution in [2.45, 2.75) is 52.1 Å². The molecule has 0 bridgehead atoms. The fourth-order valence-corrected chi connectivity index (χ4v) is 3.77. The molecule has 0 radical (unpaired) electrons. The van der Waals surface area contributed by atoms with Gasteiger partial charge in [-0.05, 0) is 37.3 Å². The van der Waals surface area contributed by atoms with Gasteiger partial charge in [0.05, 0.1) is 6.54 Å². The third-order valence-electron chi connectivity index (χ3n) is 5.40. The van der Waals surface area contributed by atoms with Crippen molar-refractivity contribution in [2.24, 2.45) is 4.99 Å². The highest BCUT2D eigenvalue weighted by molar-refractivity contribution is 5.80. The summed E-state index contributed by atoms with van der Waals surface area (Å²) in [5.74, 6) is 1.34. The molecule has 0 spiro atoms. The van der Waals surface area contributed by atoms with Crippen LogP contribution in [0, 0.1) is 0 Å². The molecule has 0 saturated carbocycles. The Balaban J connectivity index is 1.43. The van der Waals surface area contributed by atoms with Crippen LogP contribution in [0.2, 0.25) is 0 Å². The van der Waals surface area contributed by atoms with Crippen molar-refractivity contribution in [1.29, 1.82) is 0 Å². The maximum absolute atomic E-state index is 11.8. The van der Waals surface area contributed by atoms with Gasteiger partial charge in [-0.2, -0.15) is 0 Å². The molecule has 3 rings (SSSR count). The summed E-state index contributed by atoms with van der Waals surface area (Å²) < 4.78 is 0. The van der Waals surface area contributed by atoms with E-state index in [9.17, 15) is 9.59 Å². The molecule has 158 valence electrons. The second-order valence-electron chi connectivity index (χ2n) is 7.70. The Morgan fingerprint density at radius 3 is 2.24 bits per heavy atom. The van der Waals surface area contributed by atoms with Crippen LogP contribution in [0.1, 0.15) is 50.2 Å². The molecule has 7 heteroatoms. The summed E-state index contributed by atoms with van der Waals surface area (Å²) in [5.41, 5.74) is 2.30. The van der Waals surface area contributed by atoms with Crippen LogP contribution in [0.25, 0.3) is 0 Å². The Hall–Kier alpha value is -2.57. The molecule has 0 aliphatic carbocycles. The molecule has 2 fully saturated rings. The molecule has 2 aliphatic heterocycles. The Morgan fingerprint density at radius 2 is 1.62 bits per heavy atom. The number of nitrogens with one attached hydrogen (secondary N) is 2. The monoisotopic (exact) mass is 399 g/mol. The highest BCUT2D eigenvalue weighted by atomic mass is 16.2. The third-order valence-corrected chi connectivity index (χ3v) is 5.40. The molecule has 7 nitrogen and oxygen atoms in total. The lowest BCUT2D eigenvalue weighted by atomic mass is 10.1. The van der Waals surface area contributed by atoms with Crippen molar-refractivity contribution in [2.75, 3.05) is 32.7 Å². The van der Waals surface area contributed by atoms with Gasteiger partial charge in [-0.25, -0.2) is 4.99 Å². The molecule has 0 unspecified atom stereocenters. The van der Waals surface area contributed by atoms with Crippen LogP contribution in [-0.2, 0) is 22.7 Å². The molecule has 2 heterocycles. The average molecular weight is 400 g/mol. The van der Waals surface area contributed by atoms with Gasteiger partial charge in [0.25, 0.3) is 0 Å². The predicted molar refractivity (Wildman–Crippen MR) is 114 cm³/mol. The fourth-order valence-electron chi connectivity index (χ4n) is 3.77. The van der Waals surface area contributed by atoms with Gasteiger partial charge in [0, 0.05) is 52.1 Å². The second-order valence-corrected chi connectivity index (χ2v) is 7.70. The van der Waals surface area contributed by atoms with E-state index < -0.39 is 0 Å². The number of carbonyl (C=O) groups is 2. The van der Waals surface area contributed by atoms with Gasteiger partial charge >= 0.3 is 0 Å². The normalized spacial score (nSPS) is 17.3. The molecule has 2 saturated heterocycles. The van der Waals surface area contributed by atoms with Crippen LogP contribution in [0.5, 0.6) is 0 Å². The van der Waals surface area contributed by atoms with Crippen LogP contribution < -0.4 is 10.6 Å². The fraction of sp³-hybridized carbons (Fsp3) is 0.591. The van der Waals surface area contributed by atoms with Crippen molar-refractivity contribution >= 4 is 17.8 Å². The number of hydrogen-bond donors (Lipinski definition) is 2. The zero-order valence-corrected chi connectivity index (χ0v) is 17.5. The molecule has 1 aromatic rings. The second kappa shape index (κ2) is 10.8. The standard InChI is InChI=1S/C22H33N5O2/c1-2-23-22(24-12-5-15-26-13-3-6-20(26)28)25-16-18-8-10-19(11-9-18)17-27-14-4-7-21(27)29/h8-11H,2-7,12-17H2,1H3,(H2,23,24,25). The van der Waals surface area contributed by atoms with E-state index in [1.165, 1.54) is 0 Å². The van der Waals surface area contributed by atoms with Crippen molar-refractivity contribution in [3.8, 4) is 0 Å². The number of hydrogen-bond acceptors (Lipinski definition) is 3. The number of benzene rings is 1. The quantitative estimate of drug-likeness (QED) is 0.378. The SMILES string of the molecule is CCNC(=NCc1ccc(CN2CCCC2=O)cc1)NCCCN1CCCC1=O. The molecule has 1 aromatic carbocycles. The first kappa shape index (κ1) is 21.1. The lowest BCUT2D eigenvalue weighted by Gasteiger charge is -2.16. The molecular formula is C22H33N5O2. The van der Waals surface area contributed by atoms with E-state index in [0.717, 1.165) is 69.1 Å². The van der Waals surface area contributed by atoms with E-state index in [2.05, 4.69) is 46.8 Å². The molecule has 2 aliphatic rings. The number of rotatable bonds is 9. The van der Waals surface area contributed by atoms with Crippen molar-refractivity contribution in [3.63, 3.8) is 0 Å². The Bertz CT molecular complexity index is 716. The Kier molecular flexibility index (Phi) is 7.90. The van der Waals surface area contributed by atoms with Gasteiger partial charge in [0.1, 0.15) is 0 Å². The Morgan fingerprint density at radius 1 is 0.966 bits per heavy atom. The topological polar surface area (TPSA) is 77.0 Å². The van der Waals surface area contributed by atoms with E-state index in [-0.39, 0.29) is 11.8 Å². The zero-order valence-electron chi connectivity index (χ0n) is 17.5. The van der Waals surface area contributed by atoms with E-state index in [1.54, 1.807) is 0 Å². The van der Waals surface area contributed by atoms with Gasteiger partial charge in [0.2, 0.25) is 11.8 Å². The van der Waals surface area contributed by atoms with Crippen LogP contribution in [-0.4, -0.2) is 60.3 Å². The van der Waals surface area contributed by atoms with Crippen molar-refractivity contribution in [3.05, 3.63) is 35.4 Å². The summed E-state index contributed by atoms with van der Waals surface area (Å²) in [5, 5.41) is 6.62. The minimum atomic E-state index is 0.258. The lowest BCUT2D eigenvalue weighted by Crippen LogP contribution is -2.39. The maximum Gasteiger partial charge on any atom is 0.222 e. The highest BCUT2D eigenvalue weighted by Crippen LogP contribution is 2.15. The summed E-state index contributed by atoms with van der Waals surface area (Å²) in [6.07, 6.45) is 4.26. The van der Waals surface area contributed by atoms with Crippen molar-refractivity contribution in [1.82, 2.24) is 20.4 Å². The van der Waals surface area contributed by atoms with Gasteiger partial charge < -0.3 is 20.4 Å². The maximum atomic E-state index is 11.8. The smallest absolute Gasteiger partial charge is 0.222 e. The van der Waals surface area contributed by atoms with E-state index in [4.69, 9.17) is 0 Å². The minimum absolute atomic E-state index is 0.258. The van der Waals surface area contributed by atoms with Crippen LogP contribution >= 0.6 is 0 Å². The summed E-state index contributed by atoms with van der Waals surface area (Å²) in [4.78, 5) is 31.9. The molecule has 29 heavy (non-hydrogen) atoms. The molecule has 0 atom stereocenters. The lowest BCUT2D eigenvalue weighted by molar-refractivity contribution is -0.128. The van der Waals surface area contributed by atoms with Gasteiger partial charge in [-0.1, -0.05) is 24.3 Å². The molecule has 0 aromatic heterocycles. The molecular weight excluding hydrogens is 366 g/mol. The summed E-state index contributed by atoms with van der Waals surface area (Å²) in [7, 11) is 0. The van der Waals surface area contributed by atoms with Gasteiger partial charge in [-0.15, -0.1) is 0 Å². The van der Waals surface area contributed by atoms with Crippen LogP contribution in [0.15, 0.2) is 29.3 Å². The minimum Gasteiger partial charge on any atom is -0.357 e. The summed E-state index contributed by atoms with van der Waals surface area (Å²) in [6, 6.07) is 8.34. The number of carbonyl (C=O) groups excluding carboxylic acids is 2. The van der Waals surface area contributed by atoms with Crippen LogP contribution in [0.3, 0.4) is 0 Å². The molecule has 2 amide bonds. The summed E-state index contributed by atoms with van der Waals surface area (Å²) in [6.45, 7) is 7.52. The third kappa shape index (κ3) is 6.48. The summed E-state index contributed by atoms with van der Waals surface area (Å²) >= 11 is 0. The first-order valence-corrected chi connectivity index (χ1v) is 10.8. The predicted octanol–water partition coefficient (Wildman–Crippen LogP) is 1.88. The first-order valence-electron chi connectivity index (χ1n) is 10.8. The number of guanidine groups is 1. The van der Waals surface area contributed by atoms with Crippen LogP contribution in [0.4, 0.5) is 0 Å². The zero-order chi connectivity index (χ0) is 20.5. The number of nitrogens with zero attached hydrogens (tertiary/aromatic N) is 3. The van der Waals surface area contributed by atoms with Gasteiger partial charge in [-0.3, -0.25) is 9.59 Å². The largest absolute Gasteiger partial charge is 0.357 e. The number of amides is 2.